The van der Waals surface area contributed by atoms with Gasteiger partial charge in [0.25, 0.3) is 0 Å². The Balaban J connectivity index is 2.06. The van der Waals surface area contributed by atoms with Crippen molar-refractivity contribution in [1.29, 1.82) is 0 Å². The number of rotatable bonds is 10. The summed E-state index contributed by atoms with van der Waals surface area (Å²) >= 11 is 0. The fraction of sp³-hybridized carbons (Fsp3) is 0.526. The molecule has 2 rings (SSSR count). The Morgan fingerprint density at radius 1 is 1.43 bits per heavy atom. The first-order valence-corrected chi connectivity index (χ1v) is 9.24. The maximum atomic E-state index is 12.9. The van der Waals surface area contributed by atoms with Gasteiger partial charge in [0.1, 0.15) is 18.5 Å². The predicted octanol–water partition coefficient (Wildman–Crippen LogP) is 1.47. The van der Waals surface area contributed by atoms with Crippen LogP contribution < -0.4 is 10.1 Å². The van der Waals surface area contributed by atoms with Crippen molar-refractivity contribution in [3.05, 3.63) is 24.3 Å². The molecule has 0 aliphatic carbocycles. The molecule has 1 heterocycles. The molecule has 9 nitrogen and oxygen atoms in total. The molecule has 154 valence electrons. The lowest BCUT2D eigenvalue weighted by Crippen LogP contribution is -2.48. The number of carbonyl (C=O) groups is 3. The lowest BCUT2D eigenvalue weighted by molar-refractivity contribution is -0.158. The summed E-state index contributed by atoms with van der Waals surface area (Å²) in [6.07, 6.45) is 2.40. The van der Waals surface area contributed by atoms with Crippen LogP contribution in [0, 0.1) is 5.92 Å². The van der Waals surface area contributed by atoms with Crippen LogP contribution in [-0.2, 0) is 19.1 Å². The molecule has 1 aromatic carbocycles. The average Bonchev–Trinajstić information content (AvgIpc) is 3.21. The van der Waals surface area contributed by atoms with Crippen LogP contribution in [0.3, 0.4) is 0 Å². The minimum absolute atomic E-state index is 0.00528. The minimum Gasteiger partial charge on any atom is -0.497 e. The van der Waals surface area contributed by atoms with Gasteiger partial charge in [-0.05, 0) is 30.7 Å². The predicted molar refractivity (Wildman–Crippen MR) is 101 cm³/mol. The van der Waals surface area contributed by atoms with Gasteiger partial charge >= 0.3 is 0 Å². The molecular weight excluding hydrogens is 366 g/mol. The van der Waals surface area contributed by atoms with E-state index in [0.717, 1.165) is 12.8 Å². The van der Waals surface area contributed by atoms with Gasteiger partial charge in [-0.1, -0.05) is 19.8 Å². The van der Waals surface area contributed by atoms with Gasteiger partial charge in [-0.3, -0.25) is 19.6 Å². The van der Waals surface area contributed by atoms with Gasteiger partial charge in [0.2, 0.25) is 18.2 Å². The van der Waals surface area contributed by atoms with Crippen molar-refractivity contribution in [2.75, 3.05) is 32.3 Å². The van der Waals surface area contributed by atoms with E-state index in [0.29, 0.717) is 22.9 Å². The first-order valence-electron chi connectivity index (χ1n) is 9.24. The van der Waals surface area contributed by atoms with Gasteiger partial charge in [0, 0.05) is 5.69 Å². The summed E-state index contributed by atoms with van der Waals surface area (Å²) in [5.41, 5.74) is 0.579. The van der Waals surface area contributed by atoms with Crippen molar-refractivity contribution in [3.63, 3.8) is 0 Å². The lowest BCUT2D eigenvalue weighted by atomic mass is 9.99. The Kier molecular flexibility index (Phi) is 8.21. The molecule has 0 unspecified atom stereocenters. The van der Waals surface area contributed by atoms with Crippen LogP contribution in [0.2, 0.25) is 0 Å². The molecule has 0 saturated carbocycles. The van der Waals surface area contributed by atoms with Gasteiger partial charge in [-0.15, -0.1) is 0 Å². The zero-order chi connectivity index (χ0) is 20.5. The summed E-state index contributed by atoms with van der Waals surface area (Å²) in [6.45, 7) is 1.95. The van der Waals surface area contributed by atoms with Crippen LogP contribution in [0.25, 0.3) is 0 Å². The van der Waals surface area contributed by atoms with Gasteiger partial charge in [-0.2, -0.15) is 0 Å². The van der Waals surface area contributed by atoms with E-state index in [1.807, 2.05) is 6.92 Å². The maximum Gasteiger partial charge on any atom is 0.249 e. The molecule has 1 aliphatic rings. The van der Waals surface area contributed by atoms with E-state index in [4.69, 9.17) is 9.47 Å². The van der Waals surface area contributed by atoms with Crippen LogP contribution in [0.5, 0.6) is 5.75 Å². The third-order valence-electron chi connectivity index (χ3n) is 4.61. The van der Waals surface area contributed by atoms with Crippen LogP contribution >= 0.6 is 0 Å². The summed E-state index contributed by atoms with van der Waals surface area (Å²) in [5.74, 6) is -0.613. The maximum absolute atomic E-state index is 12.9. The molecule has 2 N–H and O–H groups in total. The van der Waals surface area contributed by atoms with E-state index in [9.17, 15) is 19.6 Å². The highest BCUT2D eigenvalue weighted by atomic mass is 16.5. The second-order valence-electron chi connectivity index (χ2n) is 6.61. The molecule has 3 amide bonds. The van der Waals surface area contributed by atoms with Crippen molar-refractivity contribution in [1.82, 2.24) is 9.96 Å². The monoisotopic (exact) mass is 393 g/mol. The largest absolute Gasteiger partial charge is 0.497 e. The van der Waals surface area contributed by atoms with Crippen LogP contribution in [-0.4, -0.2) is 66.4 Å². The van der Waals surface area contributed by atoms with Gasteiger partial charge in [0.05, 0.1) is 26.2 Å². The highest BCUT2D eigenvalue weighted by Gasteiger charge is 2.38. The highest BCUT2D eigenvalue weighted by Crippen LogP contribution is 2.21. The summed E-state index contributed by atoms with van der Waals surface area (Å²) in [6, 6.07) is 6.08. The second-order valence-corrected chi connectivity index (χ2v) is 6.61. The molecule has 9 heteroatoms. The lowest BCUT2D eigenvalue weighted by Gasteiger charge is -2.27. The number of hydrogen-bond acceptors (Lipinski definition) is 6. The van der Waals surface area contributed by atoms with Crippen LogP contribution in [0.1, 0.15) is 26.2 Å². The van der Waals surface area contributed by atoms with E-state index in [-0.39, 0.29) is 38.1 Å². The summed E-state index contributed by atoms with van der Waals surface area (Å²) in [5, 5.41) is 12.7. The summed E-state index contributed by atoms with van der Waals surface area (Å²) in [4.78, 5) is 37.7. The Morgan fingerprint density at radius 3 is 2.75 bits per heavy atom. The standard InChI is InChI=1S/C19H27N3O6/c1-3-4-5-14(10-21(26)12-23)19(25)22-13-28-11-17(22)18(24)20-15-6-8-16(27-2)9-7-15/h6-9,12,14,17,26H,3-5,10-11,13H2,1-2H3,(H,20,24)/t14-,17+/m1/s1. The number of carbonyl (C=O) groups excluding carboxylic acids is 3. The number of ether oxygens (including phenoxy) is 2. The molecule has 28 heavy (non-hydrogen) atoms. The minimum atomic E-state index is -0.776. The zero-order valence-electron chi connectivity index (χ0n) is 16.2. The number of unbranched alkanes of at least 4 members (excludes halogenated alkanes) is 1. The van der Waals surface area contributed by atoms with E-state index in [1.165, 1.54) is 4.90 Å². The molecule has 2 atom stereocenters. The topological polar surface area (TPSA) is 108 Å². The molecule has 1 fully saturated rings. The molecular formula is C19H27N3O6. The van der Waals surface area contributed by atoms with Gasteiger partial charge < -0.3 is 19.7 Å². The van der Waals surface area contributed by atoms with Crippen molar-refractivity contribution in [2.45, 2.75) is 32.2 Å². The van der Waals surface area contributed by atoms with Crippen molar-refractivity contribution in [2.24, 2.45) is 5.92 Å². The Hall–Kier alpha value is -2.65. The molecule has 1 aliphatic heterocycles. The Morgan fingerprint density at radius 2 is 2.14 bits per heavy atom. The number of methoxy groups -OCH3 is 1. The Labute approximate surface area is 164 Å². The number of hydroxylamine groups is 2. The number of anilines is 1. The Bertz CT molecular complexity index is 666. The molecule has 0 aromatic heterocycles. The summed E-state index contributed by atoms with van der Waals surface area (Å²) in [7, 11) is 1.56. The average molecular weight is 393 g/mol. The van der Waals surface area contributed by atoms with Gasteiger partial charge in [0.15, 0.2) is 0 Å². The number of nitrogens with one attached hydrogen (secondary N) is 1. The second kappa shape index (κ2) is 10.6. The van der Waals surface area contributed by atoms with E-state index in [2.05, 4.69) is 5.32 Å². The van der Waals surface area contributed by atoms with Crippen LogP contribution in [0.15, 0.2) is 24.3 Å². The van der Waals surface area contributed by atoms with E-state index < -0.39 is 12.0 Å². The third-order valence-corrected chi connectivity index (χ3v) is 4.61. The third kappa shape index (κ3) is 5.67. The summed E-state index contributed by atoms with van der Waals surface area (Å²) < 4.78 is 10.4. The van der Waals surface area contributed by atoms with Crippen molar-refractivity contribution < 1.29 is 29.1 Å². The fourth-order valence-corrected chi connectivity index (χ4v) is 3.02. The molecule has 0 radical (unpaired) electrons. The molecule has 1 aromatic rings. The highest BCUT2D eigenvalue weighted by molar-refractivity contribution is 5.97. The molecule has 1 saturated heterocycles. The van der Waals surface area contributed by atoms with Gasteiger partial charge in [-0.25, -0.2) is 5.06 Å². The first kappa shape index (κ1) is 21.6. The van der Waals surface area contributed by atoms with E-state index >= 15 is 0 Å². The first-order chi connectivity index (χ1) is 13.5. The van der Waals surface area contributed by atoms with E-state index in [1.54, 1.807) is 31.4 Å². The van der Waals surface area contributed by atoms with Crippen LogP contribution in [0.4, 0.5) is 5.69 Å². The number of amides is 3. The quantitative estimate of drug-likeness (QED) is 0.354. The normalized spacial score (nSPS) is 17.1. The fourth-order valence-electron chi connectivity index (χ4n) is 3.02. The molecule has 0 bridgehead atoms. The zero-order valence-corrected chi connectivity index (χ0v) is 16.2. The SMILES string of the molecule is CCCC[C@H](CN(O)C=O)C(=O)N1COC[C@H]1C(=O)Nc1ccc(OC)cc1. The number of benzene rings is 1. The van der Waals surface area contributed by atoms with Crippen molar-refractivity contribution in [3.8, 4) is 5.75 Å². The number of nitrogens with zero attached hydrogens (tertiary/aromatic N) is 2. The number of hydrogen-bond donors (Lipinski definition) is 2. The smallest absolute Gasteiger partial charge is 0.249 e. The molecule has 0 spiro atoms. The van der Waals surface area contributed by atoms with Crippen molar-refractivity contribution >= 4 is 23.9 Å².